The molecule has 0 aromatic carbocycles. The van der Waals surface area contributed by atoms with Crippen LogP contribution in [0.4, 0.5) is 11.6 Å². The maximum absolute atomic E-state index is 12.1. The highest BCUT2D eigenvalue weighted by molar-refractivity contribution is 5.93. The number of hydrogen-bond acceptors (Lipinski definition) is 6. The molecule has 8 heteroatoms. The summed E-state index contributed by atoms with van der Waals surface area (Å²) < 4.78 is 1.38. The van der Waals surface area contributed by atoms with Gasteiger partial charge in [-0.05, 0) is 25.0 Å². The molecule has 2 aromatic rings. The van der Waals surface area contributed by atoms with Crippen molar-refractivity contribution in [1.82, 2.24) is 19.9 Å². The number of nitrogens with zero attached hydrogens (tertiary/aromatic N) is 4. The first kappa shape index (κ1) is 16.9. The van der Waals surface area contributed by atoms with Gasteiger partial charge in [-0.15, -0.1) is 0 Å². The summed E-state index contributed by atoms with van der Waals surface area (Å²) in [6.45, 7) is 2.95. The standard InChI is InChI=1S/C17H22N6O2/c1-22-8-4-5-13(17(22)25)16(24)19-7-6-18-14-11-15(21-12-20-14)23-9-2-3-10-23/h4-5,8,11-12H,2-3,6-7,9-10H2,1H3,(H,19,24)(H,18,20,21). The van der Waals surface area contributed by atoms with Crippen molar-refractivity contribution in [1.29, 1.82) is 0 Å². The highest BCUT2D eigenvalue weighted by Gasteiger charge is 2.14. The molecule has 0 unspecified atom stereocenters. The van der Waals surface area contributed by atoms with Gasteiger partial charge in [0.15, 0.2) is 0 Å². The van der Waals surface area contributed by atoms with E-state index in [4.69, 9.17) is 0 Å². The molecule has 0 radical (unpaired) electrons. The fourth-order valence-electron chi connectivity index (χ4n) is 2.79. The van der Waals surface area contributed by atoms with Gasteiger partial charge in [0.05, 0.1) is 0 Å². The molecular formula is C17H22N6O2. The summed E-state index contributed by atoms with van der Waals surface area (Å²) in [5, 5.41) is 5.90. The third-order valence-corrected chi connectivity index (χ3v) is 4.17. The molecule has 1 fully saturated rings. The number of aryl methyl sites for hydroxylation is 1. The third-order valence-electron chi connectivity index (χ3n) is 4.17. The lowest BCUT2D eigenvalue weighted by Crippen LogP contribution is -2.34. The van der Waals surface area contributed by atoms with E-state index in [1.54, 1.807) is 25.6 Å². The quantitative estimate of drug-likeness (QED) is 0.748. The van der Waals surface area contributed by atoms with Crippen molar-refractivity contribution >= 4 is 17.5 Å². The van der Waals surface area contributed by atoms with Crippen molar-refractivity contribution < 1.29 is 4.79 Å². The summed E-state index contributed by atoms with van der Waals surface area (Å²) in [4.78, 5) is 34.7. The molecule has 3 rings (SSSR count). The van der Waals surface area contributed by atoms with E-state index in [-0.39, 0.29) is 17.0 Å². The Morgan fingerprint density at radius 1 is 1.24 bits per heavy atom. The highest BCUT2D eigenvalue weighted by atomic mass is 16.2. The van der Waals surface area contributed by atoms with Gasteiger partial charge < -0.3 is 20.1 Å². The fourth-order valence-corrected chi connectivity index (χ4v) is 2.79. The molecule has 8 nitrogen and oxygen atoms in total. The molecule has 1 amide bonds. The average Bonchev–Trinajstić information content (AvgIpc) is 3.16. The second-order valence-electron chi connectivity index (χ2n) is 5.98. The summed E-state index contributed by atoms with van der Waals surface area (Å²) in [7, 11) is 1.62. The monoisotopic (exact) mass is 342 g/mol. The average molecular weight is 342 g/mol. The van der Waals surface area contributed by atoms with E-state index in [0.29, 0.717) is 13.1 Å². The minimum atomic E-state index is -0.372. The van der Waals surface area contributed by atoms with Crippen LogP contribution in [-0.2, 0) is 7.05 Å². The lowest BCUT2D eigenvalue weighted by Gasteiger charge is -2.16. The summed E-state index contributed by atoms with van der Waals surface area (Å²) in [5.41, 5.74) is -0.164. The normalized spacial score (nSPS) is 13.7. The van der Waals surface area contributed by atoms with E-state index in [1.165, 1.54) is 23.5 Å². The topological polar surface area (TPSA) is 92.2 Å². The molecule has 3 heterocycles. The fraction of sp³-hybridized carbons (Fsp3) is 0.412. The Labute approximate surface area is 145 Å². The Kier molecular flexibility index (Phi) is 5.27. The van der Waals surface area contributed by atoms with Crippen molar-refractivity contribution in [3.8, 4) is 0 Å². The highest BCUT2D eigenvalue weighted by Crippen LogP contribution is 2.18. The Balaban J connectivity index is 1.50. The number of carbonyl (C=O) groups excluding carboxylic acids is 1. The van der Waals surface area contributed by atoms with Crippen molar-refractivity contribution in [2.75, 3.05) is 36.4 Å². The number of anilines is 2. The lowest BCUT2D eigenvalue weighted by molar-refractivity contribution is 0.0953. The molecule has 132 valence electrons. The van der Waals surface area contributed by atoms with Crippen LogP contribution < -0.4 is 21.1 Å². The van der Waals surface area contributed by atoms with Crippen LogP contribution in [0.3, 0.4) is 0 Å². The van der Waals surface area contributed by atoms with Gasteiger partial charge in [0.2, 0.25) is 0 Å². The molecule has 2 N–H and O–H groups in total. The molecule has 2 aromatic heterocycles. The zero-order chi connectivity index (χ0) is 17.6. The van der Waals surface area contributed by atoms with Crippen molar-refractivity contribution in [3.05, 3.63) is 46.6 Å². The van der Waals surface area contributed by atoms with E-state index in [0.717, 1.165) is 24.7 Å². The smallest absolute Gasteiger partial charge is 0.263 e. The van der Waals surface area contributed by atoms with Crippen LogP contribution in [0, 0.1) is 0 Å². The summed E-state index contributed by atoms with van der Waals surface area (Å²) in [6, 6.07) is 5.12. The first-order valence-corrected chi connectivity index (χ1v) is 8.40. The molecule has 1 aliphatic rings. The lowest BCUT2D eigenvalue weighted by atomic mass is 10.2. The number of pyridine rings is 1. The van der Waals surface area contributed by atoms with Gasteiger partial charge >= 0.3 is 0 Å². The molecule has 0 bridgehead atoms. The van der Waals surface area contributed by atoms with Crippen LogP contribution in [0.2, 0.25) is 0 Å². The number of hydrogen-bond donors (Lipinski definition) is 2. The molecule has 25 heavy (non-hydrogen) atoms. The van der Waals surface area contributed by atoms with Gasteiger partial charge in [-0.3, -0.25) is 9.59 Å². The predicted octanol–water partition coefficient (Wildman–Crippen LogP) is 0.617. The van der Waals surface area contributed by atoms with Crippen LogP contribution >= 0.6 is 0 Å². The maximum Gasteiger partial charge on any atom is 0.263 e. The number of rotatable bonds is 6. The van der Waals surface area contributed by atoms with Crippen LogP contribution in [0.25, 0.3) is 0 Å². The first-order valence-electron chi connectivity index (χ1n) is 8.40. The maximum atomic E-state index is 12.1. The summed E-state index contributed by atoms with van der Waals surface area (Å²) in [6.07, 6.45) is 5.55. The van der Waals surface area contributed by atoms with Crippen molar-refractivity contribution in [2.24, 2.45) is 7.05 Å². The first-order chi connectivity index (χ1) is 12.1. The Hall–Kier alpha value is -2.90. The molecule has 1 aliphatic heterocycles. The molecule has 0 saturated carbocycles. The molecule has 1 saturated heterocycles. The van der Waals surface area contributed by atoms with E-state index >= 15 is 0 Å². The zero-order valence-corrected chi connectivity index (χ0v) is 14.2. The van der Waals surface area contributed by atoms with Gasteiger partial charge in [-0.25, -0.2) is 9.97 Å². The van der Waals surface area contributed by atoms with Gasteiger partial charge in [-0.2, -0.15) is 0 Å². The van der Waals surface area contributed by atoms with Crippen molar-refractivity contribution in [3.63, 3.8) is 0 Å². The van der Waals surface area contributed by atoms with Gasteiger partial charge in [0.1, 0.15) is 23.5 Å². The van der Waals surface area contributed by atoms with E-state index in [2.05, 4.69) is 25.5 Å². The minimum Gasteiger partial charge on any atom is -0.368 e. The molecule has 0 aliphatic carbocycles. The van der Waals surface area contributed by atoms with Crippen LogP contribution in [0.15, 0.2) is 35.5 Å². The van der Waals surface area contributed by atoms with E-state index in [9.17, 15) is 9.59 Å². The number of nitrogens with one attached hydrogen (secondary N) is 2. The van der Waals surface area contributed by atoms with E-state index < -0.39 is 0 Å². The number of carbonyl (C=O) groups is 1. The third kappa shape index (κ3) is 4.14. The number of amides is 1. The minimum absolute atomic E-state index is 0.142. The zero-order valence-electron chi connectivity index (χ0n) is 14.2. The van der Waals surface area contributed by atoms with Crippen LogP contribution in [-0.4, -0.2) is 46.6 Å². The number of aromatic nitrogens is 3. The van der Waals surface area contributed by atoms with Crippen molar-refractivity contribution in [2.45, 2.75) is 12.8 Å². The van der Waals surface area contributed by atoms with Gasteiger partial charge in [0.25, 0.3) is 11.5 Å². The second kappa shape index (κ2) is 7.78. The molecule has 0 atom stereocenters. The summed E-state index contributed by atoms with van der Waals surface area (Å²) >= 11 is 0. The Bertz CT molecular complexity index is 798. The Morgan fingerprint density at radius 2 is 2.04 bits per heavy atom. The van der Waals surface area contributed by atoms with E-state index in [1.807, 2.05) is 6.07 Å². The predicted molar refractivity (Wildman–Crippen MR) is 96.0 cm³/mol. The van der Waals surface area contributed by atoms with Crippen LogP contribution in [0.1, 0.15) is 23.2 Å². The van der Waals surface area contributed by atoms with Crippen LogP contribution in [0.5, 0.6) is 0 Å². The SMILES string of the molecule is Cn1cccc(C(=O)NCCNc2cc(N3CCCC3)ncn2)c1=O. The van der Waals surface area contributed by atoms with Gasteiger partial charge in [-0.1, -0.05) is 0 Å². The Morgan fingerprint density at radius 3 is 2.84 bits per heavy atom. The molecule has 0 spiro atoms. The largest absolute Gasteiger partial charge is 0.368 e. The van der Waals surface area contributed by atoms with Gasteiger partial charge in [0, 0.05) is 45.5 Å². The summed E-state index contributed by atoms with van der Waals surface area (Å²) in [5.74, 6) is 1.28. The molecular weight excluding hydrogens is 320 g/mol. The second-order valence-corrected chi connectivity index (χ2v) is 5.98.